The quantitative estimate of drug-likeness (QED) is 0.278. The minimum atomic E-state index is -0.442. The number of Topliss-reactive ketones (excluding diaryl/α,β-unsaturated/α-hetero) is 1. The number of rotatable bonds is 0. The lowest BCUT2D eigenvalue weighted by atomic mass is 10.1. The van der Waals surface area contributed by atoms with Gasteiger partial charge in [-0.15, -0.1) is 9.24 Å². The van der Waals surface area contributed by atoms with Gasteiger partial charge in [0.05, 0.1) is 0 Å². The van der Waals surface area contributed by atoms with Gasteiger partial charge >= 0.3 is 0 Å². The van der Waals surface area contributed by atoms with Crippen LogP contribution in [0.2, 0.25) is 0 Å². The highest BCUT2D eigenvalue weighted by molar-refractivity contribution is 7.26. The molecule has 3 heteroatoms. The van der Waals surface area contributed by atoms with Gasteiger partial charge in [-0.2, -0.15) is 0 Å². The molecule has 0 N–H and O–H groups in total. The van der Waals surface area contributed by atoms with Crippen LogP contribution in [0.1, 0.15) is 0 Å². The lowest BCUT2D eigenvalue weighted by molar-refractivity contribution is -0.131. The number of hydrogen-bond donors (Lipinski definition) is 0. The molecule has 0 radical (unpaired) electrons. The van der Waals surface area contributed by atoms with Gasteiger partial charge in [0.1, 0.15) is 0 Å². The molecule has 1 unspecified atom stereocenters. The van der Waals surface area contributed by atoms with Gasteiger partial charge in [0.15, 0.2) is 0 Å². The van der Waals surface area contributed by atoms with Crippen molar-refractivity contribution in [3.05, 3.63) is 23.5 Å². The molecule has 0 spiro atoms. The molecule has 0 aliphatic heterocycles. The molecule has 1 aliphatic carbocycles. The van der Waals surface area contributed by atoms with Gasteiger partial charge in [-0.25, -0.2) is 0 Å². The fourth-order valence-corrected chi connectivity index (χ4v) is 0.786. The number of ketones is 2. The van der Waals surface area contributed by atoms with Crippen molar-refractivity contribution in [2.75, 3.05) is 0 Å². The standard InChI is InChI=1S/C6H5O2P/c7-4-2-1-3-5(9)6(4)8/h1-3H,9H2. The van der Waals surface area contributed by atoms with E-state index in [9.17, 15) is 9.59 Å². The predicted molar refractivity (Wildman–Crippen MR) is 36.9 cm³/mol. The molecule has 9 heavy (non-hydrogen) atoms. The first kappa shape index (κ1) is 6.37. The Morgan fingerprint density at radius 3 is 2.44 bits per heavy atom. The summed E-state index contributed by atoms with van der Waals surface area (Å²) in [7, 11) is 2.21. The van der Waals surface area contributed by atoms with Crippen LogP contribution in [0.4, 0.5) is 0 Å². The van der Waals surface area contributed by atoms with Crippen molar-refractivity contribution in [2.45, 2.75) is 0 Å². The van der Waals surface area contributed by atoms with Crippen molar-refractivity contribution in [2.24, 2.45) is 0 Å². The van der Waals surface area contributed by atoms with Crippen LogP contribution in [-0.4, -0.2) is 11.6 Å². The molecule has 0 amide bonds. The van der Waals surface area contributed by atoms with E-state index in [1.54, 1.807) is 12.2 Å². The third kappa shape index (κ3) is 1.14. The van der Waals surface area contributed by atoms with Crippen molar-refractivity contribution in [1.82, 2.24) is 0 Å². The van der Waals surface area contributed by atoms with E-state index in [-0.39, 0.29) is 0 Å². The van der Waals surface area contributed by atoms with Crippen LogP contribution in [0, 0.1) is 0 Å². The molecule has 0 saturated heterocycles. The summed E-state index contributed by atoms with van der Waals surface area (Å²) in [6.45, 7) is 0. The van der Waals surface area contributed by atoms with E-state index in [1.165, 1.54) is 6.08 Å². The highest BCUT2D eigenvalue weighted by Crippen LogP contribution is 2.11. The van der Waals surface area contributed by atoms with E-state index in [0.29, 0.717) is 5.31 Å². The van der Waals surface area contributed by atoms with Crippen LogP contribution < -0.4 is 0 Å². The Labute approximate surface area is 54.8 Å². The second-order valence-electron chi connectivity index (χ2n) is 1.67. The minimum Gasteiger partial charge on any atom is -0.286 e. The average molecular weight is 140 g/mol. The predicted octanol–water partition coefficient (Wildman–Crippen LogP) is 0.453. The number of carbonyl (C=O) groups is 2. The molecular formula is C6H5O2P. The molecule has 2 nitrogen and oxygen atoms in total. The molecule has 0 heterocycles. The molecule has 0 saturated carbocycles. The summed E-state index contributed by atoms with van der Waals surface area (Å²) in [5.41, 5.74) is 0. The zero-order valence-corrected chi connectivity index (χ0v) is 5.78. The highest BCUT2D eigenvalue weighted by atomic mass is 31.0. The van der Waals surface area contributed by atoms with E-state index in [4.69, 9.17) is 0 Å². The molecule has 1 atom stereocenters. The van der Waals surface area contributed by atoms with Gasteiger partial charge in [-0.1, -0.05) is 12.2 Å². The topological polar surface area (TPSA) is 34.1 Å². The van der Waals surface area contributed by atoms with Crippen molar-refractivity contribution < 1.29 is 9.59 Å². The third-order valence-corrected chi connectivity index (χ3v) is 1.46. The smallest absolute Gasteiger partial charge is 0.232 e. The van der Waals surface area contributed by atoms with Crippen LogP contribution >= 0.6 is 9.24 Å². The minimum absolute atomic E-state index is 0.428. The first-order valence-electron chi connectivity index (χ1n) is 2.44. The molecule has 1 rings (SSSR count). The Bertz CT molecular complexity index is 225. The second-order valence-corrected chi connectivity index (χ2v) is 2.30. The third-order valence-electron chi connectivity index (χ3n) is 1.01. The van der Waals surface area contributed by atoms with E-state index in [2.05, 4.69) is 9.24 Å². The molecule has 1 aliphatic rings. The zero-order valence-electron chi connectivity index (χ0n) is 4.63. The van der Waals surface area contributed by atoms with E-state index in [0.717, 1.165) is 0 Å². The van der Waals surface area contributed by atoms with Crippen molar-refractivity contribution in [3.63, 3.8) is 0 Å². The Hall–Kier alpha value is -0.750. The first-order valence-corrected chi connectivity index (χ1v) is 3.02. The molecule has 0 aromatic heterocycles. The normalized spacial score (nSPS) is 18.1. The number of hydrogen-bond acceptors (Lipinski definition) is 2. The summed E-state index contributed by atoms with van der Waals surface area (Å²) >= 11 is 0. The summed E-state index contributed by atoms with van der Waals surface area (Å²) in [6, 6.07) is 0. The van der Waals surface area contributed by atoms with E-state index >= 15 is 0 Å². The monoisotopic (exact) mass is 140 g/mol. The van der Waals surface area contributed by atoms with Crippen molar-refractivity contribution in [3.8, 4) is 0 Å². The van der Waals surface area contributed by atoms with Gasteiger partial charge in [0.2, 0.25) is 11.6 Å². The Morgan fingerprint density at radius 1 is 1.33 bits per heavy atom. The Morgan fingerprint density at radius 2 is 2.00 bits per heavy atom. The van der Waals surface area contributed by atoms with Crippen molar-refractivity contribution in [1.29, 1.82) is 0 Å². The second kappa shape index (κ2) is 2.24. The van der Waals surface area contributed by atoms with Gasteiger partial charge in [-0.3, -0.25) is 9.59 Å². The molecular weight excluding hydrogens is 135 g/mol. The van der Waals surface area contributed by atoms with E-state index < -0.39 is 11.6 Å². The SMILES string of the molecule is O=C1C=CC=C(P)C1=O. The molecule has 0 fully saturated rings. The fraction of sp³-hybridized carbons (Fsp3) is 0. The lowest BCUT2D eigenvalue weighted by Crippen LogP contribution is -2.12. The molecule has 0 aromatic rings. The number of carbonyl (C=O) groups excluding carboxylic acids is 2. The maximum Gasteiger partial charge on any atom is 0.232 e. The fourth-order valence-electron chi connectivity index (χ4n) is 0.533. The maximum absolute atomic E-state index is 10.6. The van der Waals surface area contributed by atoms with Crippen LogP contribution in [-0.2, 0) is 9.59 Å². The molecule has 46 valence electrons. The summed E-state index contributed by atoms with van der Waals surface area (Å²) in [5, 5.41) is 0.433. The number of allylic oxidation sites excluding steroid dienone is 4. The van der Waals surface area contributed by atoms with Crippen LogP contribution in [0.15, 0.2) is 23.5 Å². The summed E-state index contributed by atoms with van der Waals surface area (Å²) in [6.07, 6.45) is 4.41. The summed E-state index contributed by atoms with van der Waals surface area (Å²) in [5.74, 6) is -0.870. The lowest BCUT2D eigenvalue weighted by Gasteiger charge is -1.97. The van der Waals surface area contributed by atoms with Gasteiger partial charge in [0.25, 0.3) is 0 Å². The van der Waals surface area contributed by atoms with Crippen molar-refractivity contribution >= 4 is 20.8 Å². The van der Waals surface area contributed by atoms with Gasteiger partial charge < -0.3 is 0 Å². The molecule has 0 bridgehead atoms. The average Bonchev–Trinajstić information content (AvgIpc) is 1.83. The van der Waals surface area contributed by atoms with Gasteiger partial charge in [0, 0.05) is 5.31 Å². The highest BCUT2D eigenvalue weighted by Gasteiger charge is 2.14. The van der Waals surface area contributed by atoms with Crippen LogP contribution in [0.3, 0.4) is 0 Å². The first-order chi connectivity index (χ1) is 4.22. The Kier molecular flexibility index (Phi) is 1.58. The Balaban J connectivity index is 3.00. The largest absolute Gasteiger partial charge is 0.286 e. The maximum atomic E-state index is 10.6. The van der Waals surface area contributed by atoms with E-state index in [1.807, 2.05) is 0 Å². The summed E-state index contributed by atoms with van der Waals surface area (Å²) in [4.78, 5) is 21.1. The molecule has 0 aromatic carbocycles. The zero-order chi connectivity index (χ0) is 6.85. The van der Waals surface area contributed by atoms with Crippen LogP contribution in [0.5, 0.6) is 0 Å². The van der Waals surface area contributed by atoms with Crippen LogP contribution in [0.25, 0.3) is 0 Å². The van der Waals surface area contributed by atoms with Gasteiger partial charge in [-0.05, 0) is 6.08 Å². The summed E-state index contributed by atoms with van der Waals surface area (Å²) < 4.78 is 0.